The molecule has 1 N–H and O–H groups in total. The lowest BCUT2D eigenvalue weighted by Gasteiger charge is -2.27. The number of rotatable bonds is 3. The molecule has 6 heteroatoms. The van der Waals surface area contributed by atoms with E-state index in [4.69, 9.17) is 4.74 Å². The molecular formula is C15H20N2O4. The molecule has 0 aliphatic carbocycles. The molecule has 0 saturated carbocycles. The van der Waals surface area contributed by atoms with Crippen molar-refractivity contribution in [1.29, 1.82) is 0 Å². The summed E-state index contributed by atoms with van der Waals surface area (Å²) in [5, 5.41) is 14.0. The summed E-state index contributed by atoms with van der Waals surface area (Å²) in [6.07, 6.45) is 0.686. The Morgan fingerprint density at radius 3 is 2.29 bits per heavy atom. The minimum Gasteiger partial charge on any atom is -0.426 e. The number of non-ortho nitro benzene ring substituents is 1. The second-order valence-corrected chi connectivity index (χ2v) is 6.66. The molecule has 2 rings (SSSR count). The normalized spacial score (nSPS) is 22.8. The van der Waals surface area contributed by atoms with Gasteiger partial charge in [0.15, 0.2) is 0 Å². The number of nitro benzene ring substituents is 1. The Kier molecular flexibility index (Phi) is 3.76. The Balaban J connectivity index is 2.09. The monoisotopic (exact) mass is 292 g/mol. The van der Waals surface area contributed by atoms with Crippen molar-refractivity contribution in [2.75, 3.05) is 0 Å². The summed E-state index contributed by atoms with van der Waals surface area (Å²) in [5.41, 5.74) is -0.497. The quantitative estimate of drug-likeness (QED) is 0.401. The fraction of sp³-hybridized carbons (Fsp3) is 0.533. The lowest BCUT2D eigenvalue weighted by molar-refractivity contribution is -0.384. The predicted molar refractivity (Wildman–Crippen MR) is 78.1 cm³/mol. The first-order valence-electron chi connectivity index (χ1n) is 6.86. The van der Waals surface area contributed by atoms with Gasteiger partial charge in [-0.15, -0.1) is 0 Å². The highest BCUT2D eigenvalue weighted by molar-refractivity contribution is 5.77. The third-order valence-corrected chi connectivity index (χ3v) is 3.80. The molecule has 1 unspecified atom stereocenters. The van der Waals surface area contributed by atoms with Gasteiger partial charge >= 0.3 is 5.97 Å². The Morgan fingerprint density at radius 1 is 1.29 bits per heavy atom. The fourth-order valence-electron chi connectivity index (χ4n) is 2.98. The number of esters is 1. The fourth-order valence-corrected chi connectivity index (χ4v) is 2.98. The van der Waals surface area contributed by atoms with E-state index in [9.17, 15) is 14.9 Å². The molecule has 1 aromatic rings. The number of carbonyl (C=O) groups is 1. The van der Waals surface area contributed by atoms with Gasteiger partial charge in [-0.2, -0.15) is 0 Å². The number of hydrogen-bond acceptors (Lipinski definition) is 5. The number of ether oxygens (including phenoxy) is 1. The second-order valence-electron chi connectivity index (χ2n) is 6.66. The van der Waals surface area contributed by atoms with E-state index >= 15 is 0 Å². The molecule has 114 valence electrons. The number of benzene rings is 1. The maximum absolute atomic E-state index is 12.3. The molecular weight excluding hydrogens is 272 g/mol. The smallest absolute Gasteiger partial charge is 0.316 e. The van der Waals surface area contributed by atoms with Crippen LogP contribution >= 0.6 is 0 Å². The second kappa shape index (κ2) is 5.11. The lowest BCUT2D eigenvalue weighted by atomic mass is 9.87. The van der Waals surface area contributed by atoms with Crippen molar-refractivity contribution in [2.24, 2.45) is 5.92 Å². The van der Waals surface area contributed by atoms with Crippen LogP contribution in [0, 0.1) is 16.0 Å². The molecule has 6 nitrogen and oxygen atoms in total. The van der Waals surface area contributed by atoms with Gasteiger partial charge in [0.2, 0.25) is 0 Å². The standard InChI is InChI=1S/C15H20N2O4/c1-14(2)9-12(15(3,4)16-14)13(18)21-11-7-5-10(6-8-11)17(19)20/h5-8,12,16H,9H2,1-4H3. The van der Waals surface area contributed by atoms with E-state index in [0.29, 0.717) is 12.2 Å². The molecule has 0 amide bonds. The summed E-state index contributed by atoms with van der Waals surface area (Å²) in [7, 11) is 0. The number of nitro groups is 1. The highest BCUT2D eigenvalue weighted by atomic mass is 16.6. The summed E-state index contributed by atoms with van der Waals surface area (Å²) in [6, 6.07) is 5.53. The van der Waals surface area contributed by atoms with Crippen molar-refractivity contribution in [2.45, 2.75) is 45.2 Å². The van der Waals surface area contributed by atoms with E-state index in [0.717, 1.165) is 0 Å². The van der Waals surface area contributed by atoms with Crippen LogP contribution in [0.4, 0.5) is 5.69 Å². The van der Waals surface area contributed by atoms with Crippen molar-refractivity contribution in [3.63, 3.8) is 0 Å². The molecule has 0 spiro atoms. The van der Waals surface area contributed by atoms with E-state index < -0.39 is 4.92 Å². The summed E-state index contributed by atoms with van der Waals surface area (Å²) in [4.78, 5) is 22.4. The average molecular weight is 292 g/mol. The van der Waals surface area contributed by atoms with Gasteiger partial charge in [0.1, 0.15) is 5.75 Å². The minimum absolute atomic E-state index is 0.0289. The average Bonchev–Trinajstić information content (AvgIpc) is 2.58. The zero-order valence-corrected chi connectivity index (χ0v) is 12.7. The first-order valence-corrected chi connectivity index (χ1v) is 6.86. The Labute approximate surface area is 123 Å². The molecule has 1 aromatic carbocycles. The lowest BCUT2D eigenvalue weighted by Crippen LogP contribution is -2.47. The molecule has 0 bridgehead atoms. The molecule has 1 heterocycles. The first-order chi connectivity index (χ1) is 9.61. The maximum Gasteiger partial charge on any atom is 0.316 e. The summed E-state index contributed by atoms with van der Waals surface area (Å²) < 4.78 is 5.36. The minimum atomic E-state index is -0.488. The van der Waals surface area contributed by atoms with Gasteiger partial charge in [-0.05, 0) is 46.2 Å². The number of nitrogens with zero attached hydrogens (tertiary/aromatic N) is 1. The Bertz CT molecular complexity index is 564. The third-order valence-electron chi connectivity index (χ3n) is 3.80. The number of hydrogen-bond donors (Lipinski definition) is 1. The van der Waals surface area contributed by atoms with Crippen LogP contribution in [0.2, 0.25) is 0 Å². The van der Waals surface area contributed by atoms with Crippen molar-refractivity contribution < 1.29 is 14.5 Å². The van der Waals surface area contributed by atoms with Crippen LogP contribution in [0.1, 0.15) is 34.1 Å². The van der Waals surface area contributed by atoms with E-state index in [-0.39, 0.29) is 28.7 Å². The summed E-state index contributed by atoms with van der Waals surface area (Å²) >= 11 is 0. The molecule has 0 aromatic heterocycles. The Hall–Kier alpha value is -1.95. The summed E-state index contributed by atoms with van der Waals surface area (Å²) in [6.45, 7) is 8.05. The zero-order chi connectivity index (χ0) is 15.8. The van der Waals surface area contributed by atoms with Crippen molar-refractivity contribution in [1.82, 2.24) is 5.32 Å². The van der Waals surface area contributed by atoms with Crippen molar-refractivity contribution >= 4 is 11.7 Å². The highest BCUT2D eigenvalue weighted by Gasteiger charge is 2.48. The molecule has 1 aliphatic heterocycles. The van der Waals surface area contributed by atoms with Crippen LogP contribution in [0.5, 0.6) is 5.75 Å². The van der Waals surface area contributed by atoms with E-state index in [1.807, 2.05) is 27.7 Å². The van der Waals surface area contributed by atoms with Gasteiger partial charge in [-0.1, -0.05) is 0 Å². The van der Waals surface area contributed by atoms with E-state index in [1.54, 1.807) is 0 Å². The van der Waals surface area contributed by atoms with Crippen LogP contribution in [0.15, 0.2) is 24.3 Å². The molecule has 1 fully saturated rings. The first kappa shape index (κ1) is 15.4. The van der Waals surface area contributed by atoms with E-state index in [1.165, 1.54) is 24.3 Å². The molecule has 21 heavy (non-hydrogen) atoms. The van der Waals surface area contributed by atoms with Gasteiger partial charge in [-0.25, -0.2) is 0 Å². The molecule has 1 atom stereocenters. The molecule has 1 saturated heterocycles. The van der Waals surface area contributed by atoms with Gasteiger partial charge < -0.3 is 10.1 Å². The SMILES string of the molecule is CC1(C)CC(C(=O)Oc2ccc([N+](=O)[O-])cc2)C(C)(C)N1. The van der Waals surface area contributed by atoms with E-state index in [2.05, 4.69) is 5.32 Å². The predicted octanol–water partition coefficient (Wildman–Crippen LogP) is 2.67. The van der Waals surface area contributed by atoms with Crippen molar-refractivity contribution in [3.8, 4) is 5.75 Å². The van der Waals surface area contributed by atoms with Crippen molar-refractivity contribution in [3.05, 3.63) is 34.4 Å². The van der Waals surface area contributed by atoms with Crippen LogP contribution in [-0.4, -0.2) is 22.0 Å². The third kappa shape index (κ3) is 3.39. The van der Waals surface area contributed by atoms with Gasteiger partial charge in [-0.3, -0.25) is 14.9 Å². The van der Waals surface area contributed by atoms with Gasteiger partial charge in [0.05, 0.1) is 10.8 Å². The van der Waals surface area contributed by atoms with Gasteiger partial charge in [0, 0.05) is 23.2 Å². The highest BCUT2D eigenvalue weighted by Crippen LogP contribution is 2.36. The van der Waals surface area contributed by atoms with Crippen LogP contribution in [-0.2, 0) is 4.79 Å². The molecule has 1 aliphatic rings. The Morgan fingerprint density at radius 2 is 1.86 bits per heavy atom. The van der Waals surface area contributed by atoms with Crippen LogP contribution in [0.3, 0.4) is 0 Å². The maximum atomic E-state index is 12.3. The van der Waals surface area contributed by atoms with Crippen LogP contribution < -0.4 is 10.1 Å². The largest absolute Gasteiger partial charge is 0.426 e. The molecule has 0 radical (unpaired) electrons. The number of nitrogens with one attached hydrogen (secondary N) is 1. The van der Waals surface area contributed by atoms with Gasteiger partial charge in [0.25, 0.3) is 5.69 Å². The summed E-state index contributed by atoms with van der Waals surface area (Å²) in [5.74, 6) is -0.249. The topological polar surface area (TPSA) is 81.5 Å². The number of carbonyl (C=O) groups excluding carboxylic acids is 1. The van der Waals surface area contributed by atoms with Crippen LogP contribution in [0.25, 0.3) is 0 Å². The zero-order valence-electron chi connectivity index (χ0n) is 12.7.